The van der Waals surface area contributed by atoms with Gasteiger partial charge in [0.05, 0.1) is 11.5 Å². The Hall–Kier alpha value is -2.20. The molecule has 2 aliphatic rings. The fourth-order valence-electron chi connectivity index (χ4n) is 3.55. The van der Waals surface area contributed by atoms with Crippen LogP contribution in [0.2, 0.25) is 0 Å². The van der Waals surface area contributed by atoms with Crippen LogP contribution >= 0.6 is 0 Å². The highest BCUT2D eigenvalue weighted by Crippen LogP contribution is 2.31. The minimum absolute atomic E-state index is 0.103. The Morgan fingerprint density at radius 1 is 1.22 bits per heavy atom. The summed E-state index contributed by atoms with van der Waals surface area (Å²) in [6, 6.07) is 5.25. The second kappa shape index (κ2) is 7.08. The van der Waals surface area contributed by atoms with Crippen LogP contribution in [0.15, 0.2) is 29.2 Å². The summed E-state index contributed by atoms with van der Waals surface area (Å²) < 4.78 is 32.3. The molecule has 0 unspecified atom stereocenters. The van der Waals surface area contributed by atoms with Gasteiger partial charge in [0.1, 0.15) is 0 Å². The third kappa shape index (κ3) is 3.91. The van der Waals surface area contributed by atoms with Gasteiger partial charge in [-0.2, -0.15) is 4.31 Å². The summed E-state index contributed by atoms with van der Waals surface area (Å²) in [4.78, 5) is 24.0. The molecule has 148 valence electrons. The van der Waals surface area contributed by atoms with Crippen LogP contribution in [-0.4, -0.2) is 60.9 Å². The maximum atomic E-state index is 12.9. The zero-order valence-electron chi connectivity index (χ0n) is 15.3. The van der Waals surface area contributed by atoms with Gasteiger partial charge in [0, 0.05) is 37.2 Å². The lowest BCUT2D eigenvalue weighted by Crippen LogP contribution is -2.55. The predicted molar refractivity (Wildman–Crippen MR) is 96.7 cm³/mol. The van der Waals surface area contributed by atoms with Crippen molar-refractivity contribution in [1.82, 2.24) is 9.21 Å². The van der Waals surface area contributed by atoms with Gasteiger partial charge >= 0.3 is 6.09 Å². The number of nitrogens with zero attached hydrogens (tertiary/aromatic N) is 3. The number of carbonyl (C=O) groups excluding carboxylic acids is 1. The molecule has 3 rings (SSSR count). The summed E-state index contributed by atoms with van der Waals surface area (Å²) in [7, 11) is -3.97. The molecule has 1 aromatic rings. The number of hydrogen-bond acceptors (Lipinski definition) is 6. The van der Waals surface area contributed by atoms with Crippen molar-refractivity contribution < 1.29 is 22.9 Å². The van der Waals surface area contributed by atoms with Crippen LogP contribution in [0.4, 0.5) is 10.5 Å². The first-order valence-electron chi connectivity index (χ1n) is 8.79. The van der Waals surface area contributed by atoms with E-state index in [0.29, 0.717) is 26.0 Å². The Labute approximate surface area is 158 Å². The molecule has 0 bridgehead atoms. The molecule has 0 saturated carbocycles. The number of rotatable bonds is 4. The number of nitro benzene ring substituents is 1. The highest BCUT2D eigenvalue weighted by Gasteiger charge is 2.40. The van der Waals surface area contributed by atoms with Crippen molar-refractivity contribution in [1.29, 1.82) is 0 Å². The van der Waals surface area contributed by atoms with E-state index in [-0.39, 0.29) is 35.5 Å². The minimum atomic E-state index is -3.97. The quantitative estimate of drug-likeness (QED) is 0.569. The van der Waals surface area contributed by atoms with Gasteiger partial charge in [-0.25, -0.2) is 13.2 Å². The van der Waals surface area contributed by atoms with Crippen LogP contribution in [-0.2, 0) is 14.8 Å². The molecule has 0 radical (unpaired) electrons. The Balaban J connectivity index is 1.74. The Morgan fingerprint density at radius 3 is 2.48 bits per heavy atom. The summed E-state index contributed by atoms with van der Waals surface area (Å²) in [5.74, 6) is 0. The number of carbonyl (C=O) groups is 1. The molecule has 2 heterocycles. The van der Waals surface area contributed by atoms with E-state index in [2.05, 4.69) is 0 Å². The van der Waals surface area contributed by atoms with Crippen molar-refractivity contribution in [2.75, 3.05) is 26.2 Å². The SMILES string of the molecule is CC1(C)COC(=O)N(C2CCN(S(=O)(=O)c3ccccc3[N+](=O)[O-])CC2)C1. The van der Waals surface area contributed by atoms with Crippen molar-refractivity contribution in [3.8, 4) is 0 Å². The van der Waals surface area contributed by atoms with Crippen LogP contribution in [0.1, 0.15) is 26.7 Å². The smallest absolute Gasteiger partial charge is 0.410 e. The largest absolute Gasteiger partial charge is 0.449 e. The lowest BCUT2D eigenvalue weighted by Gasteiger charge is -2.43. The number of ether oxygens (including phenoxy) is 1. The van der Waals surface area contributed by atoms with E-state index in [4.69, 9.17) is 4.74 Å². The van der Waals surface area contributed by atoms with Crippen LogP contribution < -0.4 is 0 Å². The van der Waals surface area contributed by atoms with Gasteiger partial charge in [0.2, 0.25) is 10.0 Å². The normalized spacial score (nSPS) is 21.7. The average molecular weight is 397 g/mol. The number of benzene rings is 1. The van der Waals surface area contributed by atoms with E-state index in [9.17, 15) is 23.3 Å². The number of piperidine rings is 1. The van der Waals surface area contributed by atoms with Crippen LogP contribution in [0.25, 0.3) is 0 Å². The standard InChI is InChI=1S/C17H23N3O6S/c1-17(2)11-19(16(21)26-12-17)13-7-9-18(10-8-13)27(24,25)15-6-4-3-5-14(15)20(22)23/h3-6,13H,7-12H2,1-2H3. The molecule has 9 nitrogen and oxygen atoms in total. The Kier molecular flexibility index (Phi) is 5.13. The lowest BCUT2D eigenvalue weighted by molar-refractivity contribution is -0.387. The fraction of sp³-hybridized carbons (Fsp3) is 0.588. The lowest BCUT2D eigenvalue weighted by atomic mass is 9.91. The zero-order chi connectivity index (χ0) is 19.8. The topological polar surface area (TPSA) is 110 Å². The summed E-state index contributed by atoms with van der Waals surface area (Å²) in [6.07, 6.45) is 0.560. The first-order valence-corrected chi connectivity index (χ1v) is 10.2. The van der Waals surface area contributed by atoms with Gasteiger partial charge in [0.15, 0.2) is 4.90 Å². The third-order valence-corrected chi connectivity index (χ3v) is 6.91. The fourth-order valence-corrected chi connectivity index (χ4v) is 5.18. The highest BCUT2D eigenvalue weighted by molar-refractivity contribution is 7.89. The molecule has 10 heteroatoms. The van der Waals surface area contributed by atoms with Crippen LogP contribution in [0.5, 0.6) is 0 Å². The summed E-state index contributed by atoms with van der Waals surface area (Å²) in [6.45, 7) is 5.36. The molecule has 1 aromatic carbocycles. The van der Waals surface area contributed by atoms with E-state index >= 15 is 0 Å². The van der Waals surface area contributed by atoms with Gasteiger partial charge in [-0.1, -0.05) is 26.0 Å². The monoisotopic (exact) mass is 397 g/mol. The molecule has 0 N–H and O–H groups in total. The first kappa shape index (κ1) is 19.6. The highest BCUT2D eigenvalue weighted by atomic mass is 32.2. The molecular weight excluding hydrogens is 374 g/mol. The summed E-state index contributed by atoms with van der Waals surface area (Å²) in [5, 5.41) is 11.2. The Morgan fingerprint density at radius 2 is 1.85 bits per heavy atom. The molecule has 2 aliphatic heterocycles. The molecule has 2 saturated heterocycles. The average Bonchev–Trinajstić information content (AvgIpc) is 2.64. The zero-order valence-corrected chi connectivity index (χ0v) is 16.1. The van der Waals surface area contributed by atoms with Crippen molar-refractivity contribution in [2.24, 2.45) is 5.41 Å². The van der Waals surface area contributed by atoms with E-state index in [1.165, 1.54) is 28.6 Å². The van der Waals surface area contributed by atoms with E-state index < -0.39 is 20.6 Å². The van der Waals surface area contributed by atoms with Crippen molar-refractivity contribution in [3.05, 3.63) is 34.4 Å². The number of hydrogen-bond donors (Lipinski definition) is 0. The molecule has 0 aliphatic carbocycles. The maximum Gasteiger partial charge on any atom is 0.410 e. The second-order valence-corrected chi connectivity index (χ2v) is 9.61. The van der Waals surface area contributed by atoms with Gasteiger partial charge in [-0.3, -0.25) is 10.1 Å². The molecule has 2 fully saturated rings. The van der Waals surface area contributed by atoms with Crippen LogP contribution in [0, 0.1) is 15.5 Å². The van der Waals surface area contributed by atoms with E-state index in [1.807, 2.05) is 13.8 Å². The molecule has 0 spiro atoms. The first-order chi connectivity index (χ1) is 12.6. The molecule has 0 atom stereocenters. The minimum Gasteiger partial charge on any atom is -0.449 e. The summed E-state index contributed by atoms with van der Waals surface area (Å²) >= 11 is 0. The van der Waals surface area contributed by atoms with Crippen molar-refractivity contribution in [2.45, 2.75) is 37.6 Å². The molecule has 0 aromatic heterocycles. The number of nitro groups is 1. The van der Waals surface area contributed by atoms with Gasteiger partial charge in [0.25, 0.3) is 5.69 Å². The molecule has 1 amide bonds. The number of amides is 1. The van der Waals surface area contributed by atoms with Gasteiger partial charge in [-0.05, 0) is 18.9 Å². The molecular formula is C17H23N3O6S. The number of para-hydroxylation sites is 1. The van der Waals surface area contributed by atoms with Crippen molar-refractivity contribution >= 4 is 21.8 Å². The van der Waals surface area contributed by atoms with E-state index in [1.54, 1.807) is 4.90 Å². The van der Waals surface area contributed by atoms with E-state index in [0.717, 1.165) is 0 Å². The predicted octanol–water partition coefficient (Wildman–Crippen LogP) is 2.23. The summed E-state index contributed by atoms with van der Waals surface area (Å²) in [5.41, 5.74) is -0.581. The Bertz CT molecular complexity index is 846. The third-order valence-electron chi connectivity index (χ3n) is 4.96. The van der Waals surface area contributed by atoms with Gasteiger partial charge < -0.3 is 9.64 Å². The number of cyclic esters (lactones) is 1. The number of sulfonamides is 1. The van der Waals surface area contributed by atoms with Crippen LogP contribution in [0.3, 0.4) is 0 Å². The van der Waals surface area contributed by atoms with Crippen molar-refractivity contribution in [3.63, 3.8) is 0 Å². The molecule has 27 heavy (non-hydrogen) atoms. The maximum absolute atomic E-state index is 12.9. The van der Waals surface area contributed by atoms with Gasteiger partial charge in [-0.15, -0.1) is 0 Å². The second-order valence-electron chi connectivity index (χ2n) is 7.71.